The van der Waals surface area contributed by atoms with E-state index in [1.807, 2.05) is 4.98 Å². The molecule has 66 valence electrons. The quantitative estimate of drug-likeness (QED) is 0.696. The van der Waals surface area contributed by atoms with Crippen LogP contribution in [0.4, 0.5) is 13.2 Å². The van der Waals surface area contributed by atoms with Gasteiger partial charge >= 0.3 is 0 Å². The first-order chi connectivity index (χ1) is 5.54. The zero-order valence-electron chi connectivity index (χ0n) is 6.20. The zero-order chi connectivity index (χ0) is 9.30. The Bertz CT molecular complexity index is 345. The molecule has 0 saturated heterocycles. The van der Waals surface area contributed by atoms with E-state index in [2.05, 4.69) is 0 Å². The van der Waals surface area contributed by atoms with E-state index in [9.17, 15) is 18.0 Å². The summed E-state index contributed by atoms with van der Waals surface area (Å²) in [7, 11) is 0. The standard InChI is InChI=1S/C7H6F3NO/c1-3-4(8)2-11-7(12)5(3)6(9)10/h2,6H,1H3,(H,11,12). The molecule has 0 spiro atoms. The van der Waals surface area contributed by atoms with Gasteiger partial charge in [0.2, 0.25) is 0 Å². The molecule has 2 nitrogen and oxygen atoms in total. The second kappa shape index (κ2) is 3.00. The molecule has 0 aliphatic rings. The monoisotopic (exact) mass is 177 g/mol. The summed E-state index contributed by atoms with van der Waals surface area (Å²) in [4.78, 5) is 12.6. The van der Waals surface area contributed by atoms with Gasteiger partial charge < -0.3 is 4.98 Å². The lowest BCUT2D eigenvalue weighted by Crippen LogP contribution is -2.15. The molecule has 1 rings (SSSR count). The summed E-state index contributed by atoms with van der Waals surface area (Å²) >= 11 is 0. The average Bonchev–Trinajstić information content (AvgIpc) is 1.97. The first-order valence-corrected chi connectivity index (χ1v) is 3.20. The van der Waals surface area contributed by atoms with E-state index in [1.54, 1.807) is 0 Å². The summed E-state index contributed by atoms with van der Waals surface area (Å²) in [5.74, 6) is -0.829. The fraction of sp³-hybridized carbons (Fsp3) is 0.286. The SMILES string of the molecule is Cc1c(F)c[nH]c(=O)c1C(F)F. The van der Waals surface area contributed by atoms with Crippen molar-refractivity contribution >= 4 is 0 Å². The van der Waals surface area contributed by atoms with Crippen molar-refractivity contribution < 1.29 is 13.2 Å². The Morgan fingerprint density at radius 3 is 2.50 bits per heavy atom. The van der Waals surface area contributed by atoms with E-state index in [1.165, 1.54) is 0 Å². The first kappa shape index (κ1) is 8.83. The third kappa shape index (κ3) is 1.34. The van der Waals surface area contributed by atoms with Crippen molar-refractivity contribution in [3.63, 3.8) is 0 Å². The van der Waals surface area contributed by atoms with Crippen LogP contribution in [0.5, 0.6) is 0 Å². The van der Waals surface area contributed by atoms with Crippen molar-refractivity contribution in [2.45, 2.75) is 13.3 Å². The number of rotatable bonds is 1. The molecule has 0 radical (unpaired) electrons. The Morgan fingerprint density at radius 2 is 2.08 bits per heavy atom. The molecule has 0 saturated carbocycles. The smallest absolute Gasteiger partial charge is 0.269 e. The van der Waals surface area contributed by atoms with Crippen LogP contribution in [0.3, 0.4) is 0 Å². The Hall–Kier alpha value is -1.26. The van der Waals surface area contributed by atoms with Crippen LogP contribution >= 0.6 is 0 Å². The number of hydrogen-bond acceptors (Lipinski definition) is 1. The first-order valence-electron chi connectivity index (χ1n) is 3.20. The number of nitrogens with one attached hydrogen (secondary N) is 1. The highest BCUT2D eigenvalue weighted by Crippen LogP contribution is 2.19. The minimum absolute atomic E-state index is 0.297. The fourth-order valence-electron chi connectivity index (χ4n) is 0.877. The minimum atomic E-state index is -2.94. The van der Waals surface area contributed by atoms with Gasteiger partial charge in [-0.2, -0.15) is 0 Å². The predicted octanol–water partition coefficient (Wildman–Crippen LogP) is 1.76. The fourth-order valence-corrected chi connectivity index (χ4v) is 0.877. The maximum absolute atomic E-state index is 12.6. The maximum atomic E-state index is 12.6. The van der Waals surface area contributed by atoms with Crippen molar-refractivity contribution in [2.75, 3.05) is 0 Å². The molecular weight excluding hydrogens is 171 g/mol. The van der Waals surface area contributed by atoms with Crippen molar-refractivity contribution in [3.05, 3.63) is 33.5 Å². The van der Waals surface area contributed by atoms with Crippen LogP contribution in [-0.4, -0.2) is 4.98 Å². The lowest BCUT2D eigenvalue weighted by atomic mass is 10.1. The highest BCUT2D eigenvalue weighted by Gasteiger charge is 2.17. The van der Waals surface area contributed by atoms with Crippen molar-refractivity contribution in [1.82, 2.24) is 4.98 Å². The third-order valence-corrected chi connectivity index (χ3v) is 1.56. The normalized spacial score (nSPS) is 10.8. The topological polar surface area (TPSA) is 32.9 Å². The highest BCUT2D eigenvalue weighted by atomic mass is 19.3. The van der Waals surface area contributed by atoms with Gasteiger partial charge in [0, 0.05) is 11.8 Å². The van der Waals surface area contributed by atoms with Gasteiger partial charge in [-0.15, -0.1) is 0 Å². The minimum Gasteiger partial charge on any atom is -0.326 e. The zero-order valence-corrected chi connectivity index (χ0v) is 6.20. The van der Waals surface area contributed by atoms with Crippen molar-refractivity contribution in [3.8, 4) is 0 Å². The molecule has 0 aliphatic carbocycles. The van der Waals surface area contributed by atoms with E-state index in [4.69, 9.17) is 0 Å². The van der Waals surface area contributed by atoms with Gasteiger partial charge in [0.25, 0.3) is 12.0 Å². The Labute approximate surface area is 66.0 Å². The maximum Gasteiger partial charge on any atom is 0.269 e. The summed E-state index contributed by atoms with van der Waals surface area (Å²) < 4.78 is 36.8. The number of pyridine rings is 1. The third-order valence-electron chi connectivity index (χ3n) is 1.56. The number of halogens is 3. The van der Waals surface area contributed by atoms with Gasteiger partial charge in [-0.3, -0.25) is 4.79 Å². The number of aromatic nitrogens is 1. The summed E-state index contributed by atoms with van der Waals surface area (Å²) in [5, 5.41) is 0. The summed E-state index contributed by atoms with van der Waals surface area (Å²) in [5.41, 5.74) is -2.03. The molecule has 5 heteroatoms. The predicted molar refractivity (Wildman–Crippen MR) is 36.7 cm³/mol. The second-order valence-corrected chi connectivity index (χ2v) is 2.31. The van der Waals surface area contributed by atoms with E-state index in [-0.39, 0.29) is 5.56 Å². The van der Waals surface area contributed by atoms with Crippen LogP contribution in [0.2, 0.25) is 0 Å². The lowest BCUT2D eigenvalue weighted by molar-refractivity contribution is 0.148. The van der Waals surface area contributed by atoms with Crippen LogP contribution in [-0.2, 0) is 0 Å². The summed E-state index contributed by atoms with van der Waals surface area (Å²) in [6, 6.07) is 0. The Balaban J connectivity index is 3.43. The molecule has 0 aromatic carbocycles. The molecule has 1 heterocycles. The molecule has 1 N–H and O–H groups in total. The lowest BCUT2D eigenvalue weighted by Gasteiger charge is -2.02. The van der Waals surface area contributed by atoms with Crippen LogP contribution in [0.25, 0.3) is 0 Å². The Morgan fingerprint density at radius 1 is 1.50 bits per heavy atom. The second-order valence-electron chi connectivity index (χ2n) is 2.31. The largest absolute Gasteiger partial charge is 0.326 e. The van der Waals surface area contributed by atoms with Crippen LogP contribution in [0.1, 0.15) is 17.6 Å². The van der Waals surface area contributed by atoms with E-state index in [0.29, 0.717) is 0 Å². The number of hydrogen-bond donors (Lipinski definition) is 1. The van der Waals surface area contributed by atoms with E-state index in [0.717, 1.165) is 13.1 Å². The molecule has 0 aliphatic heterocycles. The van der Waals surface area contributed by atoms with Crippen LogP contribution in [0.15, 0.2) is 11.0 Å². The number of aromatic amines is 1. The van der Waals surface area contributed by atoms with Crippen LogP contribution < -0.4 is 5.56 Å². The molecule has 0 bridgehead atoms. The molecule has 1 aromatic heterocycles. The molecule has 12 heavy (non-hydrogen) atoms. The number of H-pyrrole nitrogens is 1. The van der Waals surface area contributed by atoms with Gasteiger partial charge in [-0.25, -0.2) is 13.2 Å². The van der Waals surface area contributed by atoms with Gasteiger partial charge in [0.05, 0.1) is 5.56 Å². The van der Waals surface area contributed by atoms with Crippen molar-refractivity contribution in [1.29, 1.82) is 0 Å². The number of alkyl halides is 2. The molecular formula is C7H6F3NO. The highest BCUT2D eigenvalue weighted by molar-refractivity contribution is 5.24. The van der Waals surface area contributed by atoms with Crippen LogP contribution in [0, 0.1) is 12.7 Å². The van der Waals surface area contributed by atoms with Gasteiger partial charge in [0.15, 0.2) is 0 Å². The van der Waals surface area contributed by atoms with E-state index < -0.39 is 23.4 Å². The van der Waals surface area contributed by atoms with Gasteiger partial charge in [-0.1, -0.05) is 0 Å². The molecule has 0 amide bonds. The van der Waals surface area contributed by atoms with E-state index >= 15 is 0 Å². The average molecular weight is 177 g/mol. The Kier molecular flexibility index (Phi) is 2.21. The summed E-state index contributed by atoms with van der Waals surface area (Å²) in [6.07, 6.45) is -2.17. The molecule has 0 fully saturated rings. The summed E-state index contributed by atoms with van der Waals surface area (Å²) in [6.45, 7) is 1.14. The molecule has 1 aromatic rings. The molecule has 0 atom stereocenters. The van der Waals surface area contributed by atoms with Crippen molar-refractivity contribution in [2.24, 2.45) is 0 Å². The van der Waals surface area contributed by atoms with Gasteiger partial charge in [0.1, 0.15) is 5.82 Å². The molecule has 0 unspecified atom stereocenters. The van der Waals surface area contributed by atoms with Gasteiger partial charge in [-0.05, 0) is 6.92 Å².